The average Bonchev–Trinajstić information content (AvgIpc) is 3.10. The first kappa shape index (κ1) is 22.3. The number of aryl methyl sites for hydroxylation is 2. The highest BCUT2D eigenvalue weighted by atomic mass is 16.2. The number of fused-ring (bicyclic) bond motifs is 1. The quantitative estimate of drug-likeness (QED) is 0.331. The van der Waals surface area contributed by atoms with E-state index in [9.17, 15) is 14.4 Å². The third-order valence-corrected chi connectivity index (χ3v) is 6.60. The van der Waals surface area contributed by atoms with Gasteiger partial charge in [-0.15, -0.1) is 0 Å². The molecule has 0 atom stereocenters. The number of carbonyl (C=O) groups is 3. The van der Waals surface area contributed by atoms with E-state index < -0.39 is 17.8 Å². The maximum absolute atomic E-state index is 13.5. The summed E-state index contributed by atoms with van der Waals surface area (Å²) < 4.78 is 2.18. The van der Waals surface area contributed by atoms with Crippen molar-refractivity contribution >= 4 is 40.5 Å². The van der Waals surface area contributed by atoms with Crippen molar-refractivity contribution in [3.8, 4) is 0 Å². The summed E-state index contributed by atoms with van der Waals surface area (Å²) >= 11 is 0. The van der Waals surface area contributed by atoms with Crippen LogP contribution in [0.2, 0.25) is 0 Å². The lowest BCUT2D eigenvalue weighted by atomic mass is 10.0. The first-order valence-electron chi connectivity index (χ1n) is 11.5. The Hall–Kier alpha value is -4.45. The Balaban J connectivity index is 1.62. The molecule has 1 fully saturated rings. The summed E-state index contributed by atoms with van der Waals surface area (Å²) in [6.45, 7) is 6.51. The van der Waals surface area contributed by atoms with Crippen LogP contribution in [0.3, 0.4) is 0 Å². The Bertz CT molecular complexity index is 1530. The van der Waals surface area contributed by atoms with Crippen molar-refractivity contribution in [1.29, 1.82) is 0 Å². The maximum Gasteiger partial charge on any atom is 0.335 e. The number of nitrogens with zero attached hydrogens (tertiary/aromatic N) is 2. The summed E-state index contributed by atoms with van der Waals surface area (Å²) in [7, 11) is 0. The summed E-state index contributed by atoms with van der Waals surface area (Å²) in [6, 6.07) is 22.6. The Morgan fingerprint density at radius 3 is 2.29 bits per heavy atom. The van der Waals surface area contributed by atoms with Crippen LogP contribution in [0.25, 0.3) is 17.0 Å². The molecule has 1 aromatic heterocycles. The van der Waals surface area contributed by atoms with Gasteiger partial charge in [0.05, 0.1) is 5.69 Å². The lowest BCUT2D eigenvalue weighted by molar-refractivity contribution is -0.122. The minimum absolute atomic E-state index is 0.0754. The number of urea groups is 1. The van der Waals surface area contributed by atoms with Gasteiger partial charge < -0.3 is 4.57 Å². The van der Waals surface area contributed by atoms with Crippen LogP contribution in [0, 0.1) is 20.8 Å². The molecule has 35 heavy (non-hydrogen) atoms. The molecule has 3 aromatic carbocycles. The van der Waals surface area contributed by atoms with Gasteiger partial charge in [-0.3, -0.25) is 14.9 Å². The highest BCUT2D eigenvalue weighted by Gasteiger charge is 2.37. The van der Waals surface area contributed by atoms with Crippen molar-refractivity contribution in [2.24, 2.45) is 0 Å². The number of carbonyl (C=O) groups excluding carboxylic acids is 3. The van der Waals surface area contributed by atoms with Gasteiger partial charge >= 0.3 is 6.03 Å². The Morgan fingerprint density at radius 1 is 0.829 bits per heavy atom. The summed E-state index contributed by atoms with van der Waals surface area (Å²) in [5.74, 6) is -1.33. The number of aromatic nitrogens is 1. The predicted molar refractivity (Wildman–Crippen MR) is 137 cm³/mol. The molecule has 0 bridgehead atoms. The minimum Gasteiger partial charge on any atom is -0.340 e. The Kier molecular flexibility index (Phi) is 5.57. The zero-order valence-corrected chi connectivity index (χ0v) is 19.8. The van der Waals surface area contributed by atoms with Gasteiger partial charge in [0.15, 0.2) is 0 Å². The van der Waals surface area contributed by atoms with Crippen molar-refractivity contribution in [2.75, 3.05) is 4.90 Å². The van der Waals surface area contributed by atoms with Crippen LogP contribution in [-0.4, -0.2) is 22.4 Å². The van der Waals surface area contributed by atoms with Gasteiger partial charge in [0.1, 0.15) is 5.57 Å². The van der Waals surface area contributed by atoms with Crippen molar-refractivity contribution < 1.29 is 14.4 Å². The zero-order chi connectivity index (χ0) is 24.7. The zero-order valence-electron chi connectivity index (χ0n) is 19.8. The van der Waals surface area contributed by atoms with Gasteiger partial charge in [0.2, 0.25) is 0 Å². The number of rotatable bonds is 4. The van der Waals surface area contributed by atoms with Crippen molar-refractivity contribution in [1.82, 2.24) is 9.88 Å². The second kappa shape index (κ2) is 8.72. The first-order valence-corrected chi connectivity index (χ1v) is 11.5. The van der Waals surface area contributed by atoms with Crippen molar-refractivity contribution in [3.05, 3.63) is 106 Å². The van der Waals surface area contributed by atoms with E-state index in [-0.39, 0.29) is 5.57 Å². The van der Waals surface area contributed by atoms with E-state index in [2.05, 4.69) is 22.0 Å². The summed E-state index contributed by atoms with van der Waals surface area (Å²) in [6.07, 6.45) is 1.61. The molecule has 5 rings (SSSR count). The van der Waals surface area contributed by atoms with Gasteiger partial charge in [-0.05, 0) is 61.7 Å². The van der Waals surface area contributed by atoms with Crippen LogP contribution in [0.5, 0.6) is 0 Å². The number of anilines is 1. The topological polar surface area (TPSA) is 71.4 Å². The van der Waals surface area contributed by atoms with Gasteiger partial charge in [0.25, 0.3) is 11.8 Å². The molecule has 2 heterocycles. The lowest BCUT2D eigenvalue weighted by Crippen LogP contribution is -2.54. The van der Waals surface area contributed by atoms with Gasteiger partial charge in [0, 0.05) is 28.7 Å². The highest BCUT2D eigenvalue weighted by Crippen LogP contribution is 2.30. The normalized spacial score (nSPS) is 15.2. The summed E-state index contributed by atoms with van der Waals surface area (Å²) in [5.41, 5.74) is 6.21. The van der Waals surface area contributed by atoms with Crippen LogP contribution in [0.4, 0.5) is 10.5 Å². The number of imide groups is 2. The van der Waals surface area contributed by atoms with Gasteiger partial charge in [-0.25, -0.2) is 9.69 Å². The fraction of sp³-hybridized carbons (Fsp3) is 0.138. The van der Waals surface area contributed by atoms with E-state index in [4.69, 9.17) is 0 Å². The second-order valence-electron chi connectivity index (χ2n) is 8.81. The molecule has 6 nitrogen and oxygen atoms in total. The third kappa shape index (κ3) is 3.93. The molecule has 1 aliphatic heterocycles. The molecule has 1 saturated heterocycles. The summed E-state index contributed by atoms with van der Waals surface area (Å²) in [5, 5.41) is 3.26. The number of hydrogen-bond acceptors (Lipinski definition) is 3. The number of para-hydroxylation sites is 1. The Labute approximate surface area is 203 Å². The van der Waals surface area contributed by atoms with Crippen LogP contribution in [0.15, 0.2) is 78.4 Å². The lowest BCUT2D eigenvalue weighted by Gasteiger charge is -2.26. The predicted octanol–water partition coefficient (Wildman–Crippen LogP) is 5.28. The van der Waals surface area contributed by atoms with E-state index in [0.717, 1.165) is 43.8 Å². The molecule has 0 aliphatic carbocycles. The molecular formula is C29H25N3O3. The molecule has 0 radical (unpaired) electrons. The highest BCUT2D eigenvalue weighted by molar-refractivity contribution is 6.39. The van der Waals surface area contributed by atoms with E-state index in [1.165, 1.54) is 0 Å². The largest absolute Gasteiger partial charge is 0.340 e. The van der Waals surface area contributed by atoms with Crippen LogP contribution >= 0.6 is 0 Å². The van der Waals surface area contributed by atoms with Crippen LogP contribution in [0.1, 0.15) is 27.9 Å². The third-order valence-electron chi connectivity index (χ3n) is 6.60. The number of hydrogen-bond donors (Lipinski definition) is 1. The van der Waals surface area contributed by atoms with E-state index >= 15 is 0 Å². The van der Waals surface area contributed by atoms with Crippen LogP contribution in [-0.2, 0) is 16.1 Å². The number of amides is 4. The molecule has 4 aromatic rings. The maximum atomic E-state index is 13.5. The van der Waals surface area contributed by atoms with E-state index in [1.54, 1.807) is 18.2 Å². The number of benzene rings is 3. The van der Waals surface area contributed by atoms with Gasteiger partial charge in [-0.2, -0.15) is 0 Å². The molecule has 1 N–H and O–H groups in total. The molecule has 0 unspecified atom stereocenters. The molecule has 4 amide bonds. The average molecular weight is 464 g/mol. The molecule has 0 spiro atoms. The fourth-order valence-electron chi connectivity index (χ4n) is 4.51. The standard InChI is InChI=1S/C29H25N3O3/c1-18-13-14-22(15-19(18)2)32-28(34)25(27(33)30-29(32)35)16-24-20(3)31(17-21-9-5-4-6-10-21)26-12-8-7-11-23(24)26/h4-16H,17H2,1-3H3,(H,30,33,35)/b25-16+. The number of barbiturate groups is 1. The molecule has 0 saturated carbocycles. The molecule has 1 aliphatic rings. The second-order valence-corrected chi connectivity index (χ2v) is 8.81. The fourth-order valence-corrected chi connectivity index (χ4v) is 4.51. The van der Waals surface area contributed by atoms with Gasteiger partial charge in [-0.1, -0.05) is 54.6 Å². The van der Waals surface area contributed by atoms with E-state index in [0.29, 0.717) is 12.2 Å². The van der Waals surface area contributed by atoms with Crippen LogP contribution < -0.4 is 10.2 Å². The van der Waals surface area contributed by atoms with Crippen molar-refractivity contribution in [3.63, 3.8) is 0 Å². The van der Waals surface area contributed by atoms with E-state index in [1.807, 2.05) is 69.3 Å². The molecule has 174 valence electrons. The first-order chi connectivity index (χ1) is 16.8. The molecule has 6 heteroatoms. The molecular weight excluding hydrogens is 438 g/mol. The monoisotopic (exact) mass is 463 g/mol. The SMILES string of the molecule is Cc1ccc(N2C(=O)NC(=O)/C(=C\c3c(C)n(Cc4ccccc4)c4ccccc34)C2=O)cc1C. The number of nitrogens with one attached hydrogen (secondary N) is 1. The minimum atomic E-state index is -0.747. The summed E-state index contributed by atoms with van der Waals surface area (Å²) in [4.78, 5) is 39.9. The smallest absolute Gasteiger partial charge is 0.335 e. The Morgan fingerprint density at radius 2 is 1.54 bits per heavy atom. The van der Waals surface area contributed by atoms with Crippen molar-refractivity contribution in [2.45, 2.75) is 27.3 Å².